The van der Waals surface area contributed by atoms with Crippen molar-refractivity contribution in [1.82, 2.24) is 10.6 Å². The summed E-state index contributed by atoms with van der Waals surface area (Å²) in [5, 5.41) is 5.90. The lowest BCUT2D eigenvalue weighted by molar-refractivity contribution is 0.0491. The molecule has 0 radical (unpaired) electrons. The third kappa shape index (κ3) is 7.19. The van der Waals surface area contributed by atoms with Crippen LogP contribution in [-0.2, 0) is 4.74 Å². The Bertz CT molecular complexity index is 197. The summed E-state index contributed by atoms with van der Waals surface area (Å²) in [5.41, 5.74) is -0.439. The number of alkyl carbamates (subject to hydrolysis) is 1. The summed E-state index contributed by atoms with van der Waals surface area (Å²) in [7, 11) is 1.87. The highest BCUT2D eigenvalue weighted by atomic mass is 16.6. The predicted octanol–water partition coefficient (Wildman–Crippen LogP) is 1.76. The minimum Gasteiger partial charge on any atom is -0.444 e. The lowest BCUT2D eigenvalue weighted by Gasteiger charge is -2.25. The van der Waals surface area contributed by atoms with Crippen molar-refractivity contribution in [2.75, 3.05) is 13.6 Å². The first-order valence-electron chi connectivity index (χ1n) is 5.40. The average molecular weight is 216 g/mol. The Morgan fingerprint density at radius 3 is 2.20 bits per heavy atom. The third-order valence-corrected chi connectivity index (χ3v) is 1.93. The summed E-state index contributed by atoms with van der Waals surface area (Å²) in [6.45, 7) is 10.5. The second-order valence-electron chi connectivity index (χ2n) is 5.05. The topological polar surface area (TPSA) is 50.4 Å². The van der Waals surface area contributed by atoms with Crippen LogP contribution >= 0.6 is 0 Å². The molecule has 1 amide bonds. The van der Waals surface area contributed by atoms with Gasteiger partial charge in [0.15, 0.2) is 0 Å². The van der Waals surface area contributed by atoms with Gasteiger partial charge in [-0.2, -0.15) is 0 Å². The Labute approximate surface area is 92.8 Å². The molecule has 0 unspecified atom stereocenters. The van der Waals surface area contributed by atoms with Gasteiger partial charge in [0.1, 0.15) is 5.60 Å². The number of amides is 1. The zero-order valence-electron chi connectivity index (χ0n) is 10.7. The fraction of sp³-hybridized carbons (Fsp3) is 0.909. The van der Waals surface area contributed by atoms with Crippen LogP contribution in [0.15, 0.2) is 0 Å². The van der Waals surface area contributed by atoms with Crippen molar-refractivity contribution in [1.29, 1.82) is 0 Å². The maximum absolute atomic E-state index is 11.5. The summed E-state index contributed by atoms with van der Waals surface area (Å²) in [5.74, 6) is 0.380. The molecule has 0 heterocycles. The normalized spacial score (nSPS) is 13.8. The highest BCUT2D eigenvalue weighted by molar-refractivity contribution is 5.68. The van der Waals surface area contributed by atoms with Crippen LogP contribution in [0.4, 0.5) is 4.79 Å². The van der Waals surface area contributed by atoms with Gasteiger partial charge in [0, 0.05) is 12.6 Å². The highest BCUT2D eigenvalue weighted by Crippen LogP contribution is 2.08. The van der Waals surface area contributed by atoms with E-state index in [1.54, 1.807) is 0 Å². The molecule has 0 aromatic carbocycles. The van der Waals surface area contributed by atoms with Crippen LogP contribution in [0.5, 0.6) is 0 Å². The van der Waals surface area contributed by atoms with Crippen molar-refractivity contribution in [3.05, 3.63) is 0 Å². The number of likely N-dealkylation sites (N-methyl/N-ethyl adjacent to an activating group) is 1. The van der Waals surface area contributed by atoms with Gasteiger partial charge in [0.25, 0.3) is 0 Å². The average Bonchev–Trinajstić information content (AvgIpc) is 1.99. The minimum absolute atomic E-state index is 0.102. The van der Waals surface area contributed by atoms with Gasteiger partial charge in [-0.3, -0.25) is 0 Å². The molecule has 0 saturated carbocycles. The van der Waals surface area contributed by atoms with Crippen molar-refractivity contribution in [3.63, 3.8) is 0 Å². The number of hydrogen-bond acceptors (Lipinski definition) is 3. The summed E-state index contributed by atoms with van der Waals surface area (Å²) >= 11 is 0. The molecule has 90 valence electrons. The summed E-state index contributed by atoms with van der Waals surface area (Å²) in [4.78, 5) is 11.5. The molecule has 2 N–H and O–H groups in total. The first kappa shape index (κ1) is 14.2. The molecule has 4 nitrogen and oxygen atoms in total. The van der Waals surface area contributed by atoms with Crippen molar-refractivity contribution in [2.24, 2.45) is 5.92 Å². The van der Waals surface area contributed by atoms with Gasteiger partial charge in [-0.1, -0.05) is 13.8 Å². The maximum atomic E-state index is 11.5. The number of carbonyl (C=O) groups excluding carboxylic acids is 1. The molecule has 1 atom stereocenters. The molecule has 0 aliphatic carbocycles. The lowest BCUT2D eigenvalue weighted by atomic mass is 10.1. The fourth-order valence-corrected chi connectivity index (χ4v) is 1.13. The van der Waals surface area contributed by atoms with Gasteiger partial charge in [0.05, 0.1) is 0 Å². The molecule has 0 rings (SSSR count). The number of carbonyl (C=O) groups is 1. The van der Waals surface area contributed by atoms with Crippen LogP contribution in [-0.4, -0.2) is 31.3 Å². The second-order valence-corrected chi connectivity index (χ2v) is 5.05. The van der Waals surface area contributed by atoms with Crippen LogP contribution in [0.2, 0.25) is 0 Å². The van der Waals surface area contributed by atoms with Crippen LogP contribution in [0.25, 0.3) is 0 Å². The second kappa shape index (κ2) is 5.95. The van der Waals surface area contributed by atoms with Crippen LogP contribution in [0, 0.1) is 5.92 Å². The molecular weight excluding hydrogens is 192 g/mol. The first-order chi connectivity index (χ1) is 6.76. The fourth-order valence-electron chi connectivity index (χ4n) is 1.13. The Kier molecular flexibility index (Phi) is 5.65. The molecule has 0 aliphatic heterocycles. The molecule has 4 heteroatoms. The summed E-state index contributed by atoms with van der Waals surface area (Å²) < 4.78 is 5.19. The Morgan fingerprint density at radius 1 is 1.33 bits per heavy atom. The number of rotatable bonds is 4. The molecule has 0 aliphatic rings. The van der Waals surface area contributed by atoms with E-state index in [1.807, 2.05) is 27.8 Å². The minimum atomic E-state index is -0.439. The van der Waals surface area contributed by atoms with Gasteiger partial charge in [-0.05, 0) is 33.7 Å². The zero-order chi connectivity index (χ0) is 12.1. The van der Waals surface area contributed by atoms with E-state index in [2.05, 4.69) is 24.5 Å². The van der Waals surface area contributed by atoms with Crippen LogP contribution < -0.4 is 10.6 Å². The molecule has 0 aromatic heterocycles. The quantitative estimate of drug-likeness (QED) is 0.753. The van der Waals surface area contributed by atoms with Crippen LogP contribution in [0.1, 0.15) is 34.6 Å². The molecular formula is C11H24N2O2. The van der Waals surface area contributed by atoms with Gasteiger partial charge < -0.3 is 15.4 Å². The highest BCUT2D eigenvalue weighted by Gasteiger charge is 2.20. The van der Waals surface area contributed by atoms with E-state index in [9.17, 15) is 4.79 Å². The smallest absolute Gasteiger partial charge is 0.407 e. The molecule has 0 bridgehead atoms. The zero-order valence-corrected chi connectivity index (χ0v) is 10.7. The molecule has 0 spiro atoms. The summed E-state index contributed by atoms with van der Waals surface area (Å²) in [6.07, 6.45) is -0.351. The molecule has 0 fully saturated rings. The largest absolute Gasteiger partial charge is 0.444 e. The standard InChI is InChI=1S/C11H24N2O2/c1-8(2)9(7-12-6)13-10(14)15-11(3,4)5/h8-9,12H,7H2,1-6H3,(H,13,14)/t9-/m1/s1. The molecule has 0 aromatic rings. The van der Waals surface area contributed by atoms with E-state index in [0.29, 0.717) is 5.92 Å². The maximum Gasteiger partial charge on any atom is 0.407 e. The third-order valence-electron chi connectivity index (χ3n) is 1.93. The molecule has 15 heavy (non-hydrogen) atoms. The van der Waals surface area contributed by atoms with Gasteiger partial charge >= 0.3 is 6.09 Å². The van der Waals surface area contributed by atoms with E-state index in [1.165, 1.54) is 0 Å². The molecule has 0 saturated heterocycles. The first-order valence-corrected chi connectivity index (χ1v) is 5.40. The SMILES string of the molecule is CNC[C@@H](NC(=O)OC(C)(C)C)C(C)C. The van der Waals surface area contributed by atoms with Crippen molar-refractivity contribution >= 4 is 6.09 Å². The van der Waals surface area contributed by atoms with E-state index in [0.717, 1.165) is 6.54 Å². The van der Waals surface area contributed by atoms with Gasteiger partial charge in [-0.25, -0.2) is 4.79 Å². The number of ether oxygens (including phenoxy) is 1. The van der Waals surface area contributed by atoms with Gasteiger partial charge in [0.2, 0.25) is 0 Å². The monoisotopic (exact) mass is 216 g/mol. The van der Waals surface area contributed by atoms with E-state index in [-0.39, 0.29) is 12.1 Å². The van der Waals surface area contributed by atoms with E-state index >= 15 is 0 Å². The van der Waals surface area contributed by atoms with Crippen LogP contribution in [0.3, 0.4) is 0 Å². The van der Waals surface area contributed by atoms with E-state index in [4.69, 9.17) is 4.74 Å². The van der Waals surface area contributed by atoms with Crippen molar-refractivity contribution in [2.45, 2.75) is 46.3 Å². The van der Waals surface area contributed by atoms with E-state index < -0.39 is 5.60 Å². The number of nitrogens with one attached hydrogen (secondary N) is 2. The van der Waals surface area contributed by atoms with Crippen molar-refractivity contribution < 1.29 is 9.53 Å². The van der Waals surface area contributed by atoms with Crippen molar-refractivity contribution in [3.8, 4) is 0 Å². The lowest BCUT2D eigenvalue weighted by Crippen LogP contribution is -2.46. The Morgan fingerprint density at radius 2 is 1.87 bits per heavy atom. The summed E-state index contributed by atoms with van der Waals surface area (Å²) in [6, 6.07) is 0.102. The Balaban J connectivity index is 4.11. The number of hydrogen-bond donors (Lipinski definition) is 2. The predicted molar refractivity (Wildman–Crippen MR) is 61.9 cm³/mol. The van der Waals surface area contributed by atoms with Gasteiger partial charge in [-0.15, -0.1) is 0 Å². The Hall–Kier alpha value is -0.770.